The molecule has 0 aliphatic heterocycles. The second kappa shape index (κ2) is 12.7. The van der Waals surface area contributed by atoms with Gasteiger partial charge in [0.15, 0.2) is 11.6 Å². The van der Waals surface area contributed by atoms with Crippen LogP contribution in [0.5, 0.6) is 11.5 Å². The summed E-state index contributed by atoms with van der Waals surface area (Å²) in [7, 11) is 0. The predicted molar refractivity (Wildman–Crippen MR) is 136 cm³/mol. The van der Waals surface area contributed by atoms with E-state index < -0.39 is 17.6 Å². The van der Waals surface area contributed by atoms with Crippen LogP contribution in [0, 0.1) is 5.82 Å². The van der Waals surface area contributed by atoms with Crippen LogP contribution in [-0.4, -0.2) is 25.0 Å². The van der Waals surface area contributed by atoms with Crippen LogP contribution in [-0.2, 0) is 11.3 Å². The Morgan fingerprint density at radius 1 is 0.838 bits per heavy atom. The monoisotopic (exact) mass is 500 g/mol. The summed E-state index contributed by atoms with van der Waals surface area (Å²) in [5, 5.41) is 5.43. The standard InChI is InChI=1S/C29H25FN2O5/c30-25-10-4-5-11-27(25)37-18-17-36-23-14-12-21(13-15-23)19-26(29(34)31-20-24-9-6-16-35-24)32-28(33)22-7-2-1-3-8-22/h1-16,19H,17-18,20H2,(H,31,34)(H,32,33)/b26-19+. The Hall–Kier alpha value is -4.85. The quantitative estimate of drug-likeness (QED) is 0.224. The van der Waals surface area contributed by atoms with E-state index in [9.17, 15) is 14.0 Å². The predicted octanol–water partition coefficient (Wildman–Crippen LogP) is 4.96. The van der Waals surface area contributed by atoms with Gasteiger partial charge in [0.2, 0.25) is 0 Å². The van der Waals surface area contributed by atoms with Crippen molar-refractivity contribution in [2.45, 2.75) is 6.54 Å². The van der Waals surface area contributed by atoms with Crippen molar-refractivity contribution in [2.24, 2.45) is 0 Å². The Labute approximate surface area is 213 Å². The summed E-state index contributed by atoms with van der Waals surface area (Å²) >= 11 is 0. The number of amides is 2. The highest BCUT2D eigenvalue weighted by Gasteiger charge is 2.15. The Morgan fingerprint density at radius 3 is 2.30 bits per heavy atom. The molecule has 0 atom stereocenters. The number of hydrogen-bond donors (Lipinski definition) is 2. The maximum absolute atomic E-state index is 13.6. The SMILES string of the molecule is O=C(NCc1ccco1)/C(=C\c1ccc(OCCOc2ccccc2F)cc1)NC(=O)c1ccccc1. The number of halogens is 1. The van der Waals surface area contributed by atoms with Crippen LogP contribution in [0.2, 0.25) is 0 Å². The fraction of sp³-hybridized carbons (Fsp3) is 0.103. The molecule has 0 spiro atoms. The van der Waals surface area contributed by atoms with Gasteiger partial charge in [-0.1, -0.05) is 42.5 Å². The molecule has 8 heteroatoms. The average molecular weight is 501 g/mol. The molecule has 1 heterocycles. The van der Waals surface area contributed by atoms with E-state index in [1.807, 2.05) is 0 Å². The molecule has 1 aromatic heterocycles. The van der Waals surface area contributed by atoms with Crippen molar-refractivity contribution >= 4 is 17.9 Å². The molecular formula is C29H25FN2O5. The fourth-order valence-corrected chi connectivity index (χ4v) is 3.32. The summed E-state index contributed by atoms with van der Waals surface area (Å²) in [6.07, 6.45) is 3.09. The van der Waals surface area contributed by atoms with Gasteiger partial charge in [0, 0.05) is 5.56 Å². The molecular weight excluding hydrogens is 475 g/mol. The molecule has 188 valence electrons. The summed E-state index contributed by atoms with van der Waals surface area (Å²) in [6.45, 7) is 0.567. The smallest absolute Gasteiger partial charge is 0.268 e. The number of benzene rings is 3. The number of hydrogen-bond acceptors (Lipinski definition) is 5. The van der Waals surface area contributed by atoms with E-state index in [2.05, 4.69) is 10.6 Å². The first kappa shape index (κ1) is 25.2. The fourth-order valence-electron chi connectivity index (χ4n) is 3.32. The summed E-state index contributed by atoms with van der Waals surface area (Å²) in [4.78, 5) is 25.6. The van der Waals surface area contributed by atoms with Gasteiger partial charge in [-0.15, -0.1) is 0 Å². The number of nitrogens with one attached hydrogen (secondary N) is 2. The van der Waals surface area contributed by atoms with Crippen LogP contribution < -0.4 is 20.1 Å². The Balaban J connectivity index is 1.39. The molecule has 37 heavy (non-hydrogen) atoms. The van der Waals surface area contributed by atoms with Gasteiger partial charge in [-0.2, -0.15) is 0 Å². The maximum atomic E-state index is 13.6. The molecule has 0 saturated carbocycles. The first-order chi connectivity index (χ1) is 18.1. The molecule has 4 aromatic rings. The minimum Gasteiger partial charge on any atom is -0.490 e. The summed E-state index contributed by atoms with van der Waals surface area (Å²) in [5.41, 5.74) is 1.17. The van der Waals surface area contributed by atoms with Crippen LogP contribution in [0.25, 0.3) is 6.08 Å². The highest BCUT2D eigenvalue weighted by molar-refractivity contribution is 6.05. The van der Waals surface area contributed by atoms with Crippen molar-refractivity contribution in [3.8, 4) is 11.5 Å². The molecule has 0 saturated heterocycles. The van der Waals surface area contributed by atoms with Gasteiger partial charge in [-0.3, -0.25) is 9.59 Å². The molecule has 7 nitrogen and oxygen atoms in total. The highest BCUT2D eigenvalue weighted by Crippen LogP contribution is 2.17. The Kier molecular flexibility index (Phi) is 8.69. The molecule has 0 radical (unpaired) electrons. The average Bonchev–Trinajstić information content (AvgIpc) is 3.45. The van der Waals surface area contributed by atoms with Crippen LogP contribution in [0.3, 0.4) is 0 Å². The van der Waals surface area contributed by atoms with Gasteiger partial charge in [-0.25, -0.2) is 4.39 Å². The van der Waals surface area contributed by atoms with Crippen molar-refractivity contribution in [1.82, 2.24) is 10.6 Å². The lowest BCUT2D eigenvalue weighted by Gasteiger charge is -2.11. The largest absolute Gasteiger partial charge is 0.490 e. The first-order valence-corrected chi connectivity index (χ1v) is 11.6. The molecule has 2 N–H and O–H groups in total. The van der Waals surface area contributed by atoms with Crippen molar-refractivity contribution in [3.63, 3.8) is 0 Å². The van der Waals surface area contributed by atoms with Gasteiger partial charge in [0.05, 0.1) is 12.8 Å². The van der Waals surface area contributed by atoms with E-state index in [0.29, 0.717) is 22.6 Å². The zero-order chi connectivity index (χ0) is 25.9. The zero-order valence-electron chi connectivity index (χ0n) is 19.9. The second-order valence-corrected chi connectivity index (χ2v) is 7.84. The van der Waals surface area contributed by atoms with Gasteiger partial charge in [-0.05, 0) is 60.2 Å². The lowest BCUT2D eigenvalue weighted by molar-refractivity contribution is -0.118. The highest BCUT2D eigenvalue weighted by atomic mass is 19.1. The summed E-state index contributed by atoms with van der Waals surface area (Å²) in [5.74, 6) is 0.0269. The molecule has 0 fully saturated rings. The van der Waals surface area contributed by atoms with Crippen molar-refractivity contribution in [1.29, 1.82) is 0 Å². The van der Waals surface area contributed by atoms with Gasteiger partial charge in [0.25, 0.3) is 11.8 Å². The first-order valence-electron chi connectivity index (χ1n) is 11.6. The minimum atomic E-state index is -0.466. The van der Waals surface area contributed by atoms with Crippen LogP contribution >= 0.6 is 0 Å². The van der Waals surface area contributed by atoms with Crippen molar-refractivity contribution in [2.75, 3.05) is 13.2 Å². The summed E-state index contributed by atoms with van der Waals surface area (Å²) in [6, 6.07) is 25.2. The van der Waals surface area contributed by atoms with E-state index in [0.717, 1.165) is 0 Å². The van der Waals surface area contributed by atoms with E-state index in [-0.39, 0.29) is 31.2 Å². The third kappa shape index (κ3) is 7.57. The molecule has 0 aliphatic rings. The molecule has 2 amide bonds. The van der Waals surface area contributed by atoms with Crippen LogP contribution in [0.4, 0.5) is 4.39 Å². The van der Waals surface area contributed by atoms with E-state index in [1.54, 1.807) is 91.0 Å². The summed E-state index contributed by atoms with van der Waals surface area (Å²) < 4.78 is 29.9. The van der Waals surface area contributed by atoms with Crippen LogP contribution in [0.1, 0.15) is 21.7 Å². The van der Waals surface area contributed by atoms with E-state index in [1.165, 1.54) is 12.3 Å². The third-order valence-corrected chi connectivity index (χ3v) is 5.17. The number of carbonyl (C=O) groups is 2. The van der Waals surface area contributed by atoms with Gasteiger partial charge in [0.1, 0.15) is 30.4 Å². The molecule has 3 aromatic carbocycles. The number of rotatable bonds is 11. The number of carbonyl (C=O) groups excluding carboxylic acids is 2. The number of furan rings is 1. The topological polar surface area (TPSA) is 89.8 Å². The van der Waals surface area contributed by atoms with Crippen molar-refractivity contribution in [3.05, 3.63) is 126 Å². The lowest BCUT2D eigenvalue weighted by atomic mass is 10.1. The van der Waals surface area contributed by atoms with E-state index in [4.69, 9.17) is 13.9 Å². The number of ether oxygens (including phenoxy) is 2. The minimum absolute atomic E-state index is 0.0763. The maximum Gasteiger partial charge on any atom is 0.268 e. The Bertz CT molecular complexity index is 1340. The van der Waals surface area contributed by atoms with Gasteiger partial charge >= 0.3 is 0 Å². The molecule has 0 unspecified atom stereocenters. The number of para-hydroxylation sites is 1. The van der Waals surface area contributed by atoms with Gasteiger partial charge < -0.3 is 24.5 Å². The Morgan fingerprint density at radius 2 is 1.57 bits per heavy atom. The van der Waals surface area contributed by atoms with E-state index >= 15 is 0 Å². The molecule has 0 aliphatic carbocycles. The zero-order valence-corrected chi connectivity index (χ0v) is 19.9. The lowest BCUT2D eigenvalue weighted by Crippen LogP contribution is -2.34. The normalized spacial score (nSPS) is 11.0. The third-order valence-electron chi connectivity index (χ3n) is 5.17. The van der Waals surface area contributed by atoms with Crippen molar-refractivity contribution < 1.29 is 27.9 Å². The molecule has 4 rings (SSSR count). The van der Waals surface area contributed by atoms with Crippen LogP contribution in [0.15, 0.2) is 107 Å². The second-order valence-electron chi connectivity index (χ2n) is 7.84. The molecule has 0 bridgehead atoms.